The molecule has 1 aromatic rings. The summed E-state index contributed by atoms with van der Waals surface area (Å²) >= 11 is 0. The zero-order chi connectivity index (χ0) is 15.0. The van der Waals surface area contributed by atoms with Gasteiger partial charge in [0.05, 0.1) is 19.7 Å². The Kier molecular flexibility index (Phi) is 6.85. The van der Waals surface area contributed by atoms with Gasteiger partial charge in [-0.25, -0.2) is 15.8 Å². The summed E-state index contributed by atoms with van der Waals surface area (Å²) in [5, 5.41) is 2.76. The van der Waals surface area contributed by atoms with Crippen molar-refractivity contribution < 1.29 is 9.53 Å². The number of aryl methyl sites for hydroxylation is 1. The number of amides is 1. The van der Waals surface area contributed by atoms with Crippen LogP contribution >= 0.6 is 0 Å². The molecular weight excluding hydrogens is 260 g/mol. The Balaban J connectivity index is 2.47. The molecule has 0 radical (unpaired) electrons. The molecule has 0 fully saturated rings. The lowest BCUT2D eigenvalue weighted by Crippen LogP contribution is -2.36. The summed E-state index contributed by atoms with van der Waals surface area (Å²) in [5.41, 5.74) is 3.31. The number of carbonyl (C=O) groups excluding carboxylic acids is 1. The number of hydrogen-bond donors (Lipinski definition) is 3. The molecule has 20 heavy (non-hydrogen) atoms. The maximum absolute atomic E-state index is 11.6. The van der Waals surface area contributed by atoms with Crippen molar-refractivity contribution in [3.63, 3.8) is 0 Å². The monoisotopic (exact) mass is 282 g/mol. The van der Waals surface area contributed by atoms with Crippen molar-refractivity contribution >= 4 is 11.7 Å². The number of hydrazine groups is 1. The molecule has 1 aromatic heterocycles. The molecule has 0 aromatic carbocycles. The van der Waals surface area contributed by atoms with Gasteiger partial charge in [0.15, 0.2) is 0 Å². The predicted molar refractivity (Wildman–Crippen MR) is 75.8 cm³/mol. The minimum atomic E-state index is -0.0608. The Hall–Kier alpha value is -1.77. The van der Waals surface area contributed by atoms with E-state index < -0.39 is 0 Å². The Labute approximate surface area is 118 Å². The lowest BCUT2D eigenvalue weighted by atomic mass is 10.4. The predicted octanol–water partition coefficient (Wildman–Crippen LogP) is -0.735. The van der Waals surface area contributed by atoms with E-state index in [1.165, 1.54) is 0 Å². The molecule has 0 atom stereocenters. The number of nitrogens with one attached hydrogen (secondary N) is 2. The standard InChI is InChI=1S/C12H22N6O2/c1-9-6-10(17-13)16-11(15-9)7-18(2)8-12(19)14-4-5-20-3/h6H,4-5,7-8,13H2,1-3H3,(H,14,19)(H,15,16,17). The van der Waals surface area contributed by atoms with Crippen molar-refractivity contribution in [3.8, 4) is 0 Å². The molecule has 0 spiro atoms. The zero-order valence-electron chi connectivity index (χ0n) is 12.1. The van der Waals surface area contributed by atoms with Crippen LogP contribution in [0.15, 0.2) is 6.07 Å². The maximum Gasteiger partial charge on any atom is 0.234 e. The summed E-state index contributed by atoms with van der Waals surface area (Å²) in [4.78, 5) is 22.0. The molecule has 8 nitrogen and oxygen atoms in total. The van der Waals surface area contributed by atoms with Gasteiger partial charge in [0.1, 0.15) is 11.6 Å². The van der Waals surface area contributed by atoms with E-state index in [9.17, 15) is 4.79 Å². The first-order valence-electron chi connectivity index (χ1n) is 6.30. The number of anilines is 1. The topological polar surface area (TPSA) is 105 Å². The zero-order valence-corrected chi connectivity index (χ0v) is 12.1. The van der Waals surface area contributed by atoms with Gasteiger partial charge in [-0.1, -0.05) is 0 Å². The molecule has 1 heterocycles. The number of carbonyl (C=O) groups is 1. The van der Waals surface area contributed by atoms with E-state index in [2.05, 4.69) is 20.7 Å². The molecule has 0 aliphatic rings. The number of nitrogen functional groups attached to an aromatic ring is 1. The second-order valence-electron chi connectivity index (χ2n) is 4.47. The minimum Gasteiger partial charge on any atom is -0.383 e. The van der Waals surface area contributed by atoms with Crippen LogP contribution in [0.4, 0.5) is 5.82 Å². The van der Waals surface area contributed by atoms with Crippen molar-refractivity contribution in [2.45, 2.75) is 13.5 Å². The van der Waals surface area contributed by atoms with Crippen molar-refractivity contribution in [2.75, 3.05) is 39.3 Å². The number of likely N-dealkylation sites (N-methyl/N-ethyl adjacent to an activating group) is 1. The van der Waals surface area contributed by atoms with Crippen molar-refractivity contribution in [3.05, 3.63) is 17.6 Å². The maximum atomic E-state index is 11.6. The Morgan fingerprint density at radius 1 is 1.50 bits per heavy atom. The number of ether oxygens (including phenoxy) is 1. The molecule has 4 N–H and O–H groups in total. The van der Waals surface area contributed by atoms with E-state index in [0.29, 0.717) is 31.3 Å². The number of methoxy groups -OCH3 is 1. The third-order valence-corrected chi connectivity index (χ3v) is 2.50. The second kappa shape index (κ2) is 8.41. The first-order valence-corrected chi connectivity index (χ1v) is 6.30. The summed E-state index contributed by atoms with van der Waals surface area (Å²) in [6.07, 6.45) is 0. The van der Waals surface area contributed by atoms with Crippen molar-refractivity contribution in [2.24, 2.45) is 5.84 Å². The van der Waals surface area contributed by atoms with Crippen LogP contribution in [-0.4, -0.2) is 54.6 Å². The van der Waals surface area contributed by atoms with Gasteiger partial charge in [0.25, 0.3) is 0 Å². The summed E-state index contributed by atoms with van der Waals surface area (Å²) in [5.74, 6) is 6.45. The summed E-state index contributed by atoms with van der Waals surface area (Å²) in [7, 11) is 3.42. The third-order valence-electron chi connectivity index (χ3n) is 2.50. The van der Waals surface area contributed by atoms with Gasteiger partial charge in [-0.2, -0.15) is 0 Å². The van der Waals surface area contributed by atoms with Crippen LogP contribution in [0.5, 0.6) is 0 Å². The van der Waals surface area contributed by atoms with E-state index in [-0.39, 0.29) is 12.5 Å². The third kappa shape index (κ3) is 5.91. The fraction of sp³-hybridized carbons (Fsp3) is 0.583. The molecular formula is C12H22N6O2. The number of hydrogen-bond acceptors (Lipinski definition) is 7. The van der Waals surface area contributed by atoms with E-state index in [4.69, 9.17) is 10.6 Å². The van der Waals surface area contributed by atoms with Crippen molar-refractivity contribution in [1.29, 1.82) is 0 Å². The van der Waals surface area contributed by atoms with Gasteiger partial charge < -0.3 is 15.5 Å². The minimum absolute atomic E-state index is 0.0608. The van der Waals surface area contributed by atoms with Gasteiger partial charge in [-0.05, 0) is 14.0 Å². The van der Waals surface area contributed by atoms with Gasteiger partial charge in [0.2, 0.25) is 5.91 Å². The highest BCUT2D eigenvalue weighted by atomic mass is 16.5. The average molecular weight is 282 g/mol. The molecule has 112 valence electrons. The largest absolute Gasteiger partial charge is 0.383 e. The molecule has 0 aliphatic carbocycles. The van der Waals surface area contributed by atoms with E-state index in [1.54, 1.807) is 13.2 Å². The van der Waals surface area contributed by atoms with Gasteiger partial charge in [-0.3, -0.25) is 9.69 Å². The quantitative estimate of drug-likeness (QED) is 0.328. The highest BCUT2D eigenvalue weighted by molar-refractivity contribution is 5.77. The van der Waals surface area contributed by atoms with E-state index >= 15 is 0 Å². The van der Waals surface area contributed by atoms with Crippen LogP contribution in [0.25, 0.3) is 0 Å². The summed E-state index contributed by atoms with van der Waals surface area (Å²) in [6.45, 7) is 3.61. The highest BCUT2D eigenvalue weighted by Crippen LogP contribution is 2.06. The van der Waals surface area contributed by atoms with Crippen LogP contribution in [0.1, 0.15) is 11.5 Å². The highest BCUT2D eigenvalue weighted by Gasteiger charge is 2.09. The second-order valence-corrected chi connectivity index (χ2v) is 4.47. The lowest BCUT2D eigenvalue weighted by molar-refractivity contribution is -0.122. The Morgan fingerprint density at radius 2 is 2.25 bits per heavy atom. The van der Waals surface area contributed by atoms with Crippen molar-refractivity contribution in [1.82, 2.24) is 20.2 Å². The lowest BCUT2D eigenvalue weighted by Gasteiger charge is -2.16. The fourth-order valence-electron chi connectivity index (χ4n) is 1.67. The van der Waals surface area contributed by atoms with Crippen LogP contribution < -0.4 is 16.6 Å². The summed E-state index contributed by atoms with van der Waals surface area (Å²) in [6, 6.07) is 1.75. The number of nitrogens with two attached hydrogens (primary N) is 1. The Morgan fingerprint density at radius 3 is 2.90 bits per heavy atom. The van der Waals surface area contributed by atoms with Gasteiger partial charge in [-0.15, -0.1) is 0 Å². The van der Waals surface area contributed by atoms with E-state index in [1.807, 2.05) is 18.9 Å². The molecule has 0 bridgehead atoms. The van der Waals surface area contributed by atoms with Crippen LogP contribution in [0.3, 0.4) is 0 Å². The first-order chi connectivity index (χ1) is 9.55. The van der Waals surface area contributed by atoms with Crippen LogP contribution in [0, 0.1) is 6.92 Å². The van der Waals surface area contributed by atoms with E-state index in [0.717, 1.165) is 5.69 Å². The fourth-order valence-corrected chi connectivity index (χ4v) is 1.67. The molecule has 0 aliphatic heterocycles. The molecule has 0 saturated carbocycles. The SMILES string of the molecule is COCCNC(=O)CN(C)Cc1nc(C)cc(NN)n1. The van der Waals surface area contributed by atoms with Gasteiger partial charge >= 0.3 is 0 Å². The van der Waals surface area contributed by atoms with Crippen LogP contribution in [0.2, 0.25) is 0 Å². The number of rotatable bonds is 8. The average Bonchev–Trinajstić information content (AvgIpc) is 2.37. The number of aromatic nitrogens is 2. The number of nitrogens with zero attached hydrogens (tertiary/aromatic N) is 3. The normalized spacial score (nSPS) is 10.7. The van der Waals surface area contributed by atoms with Crippen LogP contribution in [-0.2, 0) is 16.1 Å². The smallest absolute Gasteiger partial charge is 0.234 e. The first kappa shape index (κ1) is 16.3. The van der Waals surface area contributed by atoms with Gasteiger partial charge in [0, 0.05) is 25.4 Å². The molecule has 0 saturated heterocycles. The summed E-state index contributed by atoms with van der Waals surface area (Å²) < 4.78 is 4.86. The Bertz CT molecular complexity index is 440. The molecule has 1 rings (SSSR count). The molecule has 1 amide bonds. The molecule has 8 heteroatoms. The molecule has 0 unspecified atom stereocenters.